The number of benzene rings is 1. The summed E-state index contributed by atoms with van der Waals surface area (Å²) in [6.45, 7) is 5.16. The number of aromatic carboxylic acids is 1. The highest BCUT2D eigenvalue weighted by Crippen LogP contribution is 2.23. The zero-order valence-corrected chi connectivity index (χ0v) is 11.7. The Morgan fingerprint density at radius 3 is 2.75 bits per heavy atom. The van der Waals surface area contributed by atoms with Gasteiger partial charge in [0, 0.05) is 5.69 Å². The topological polar surface area (TPSA) is 78.4 Å². The van der Waals surface area contributed by atoms with Crippen molar-refractivity contribution in [3.05, 3.63) is 29.8 Å². The molecule has 0 aliphatic carbocycles. The molecule has 2 atom stereocenters. The maximum absolute atomic E-state index is 12.1. The van der Waals surface area contributed by atoms with Crippen LogP contribution >= 0.6 is 0 Å². The SMILES string of the molecule is CC(C)[C@@H]1CNC(C(=O)Nc2cccc(C(=O)O)c2)C1. The molecule has 5 heteroatoms. The summed E-state index contributed by atoms with van der Waals surface area (Å²) in [6, 6.07) is 6.09. The van der Waals surface area contributed by atoms with Crippen LogP contribution in [0, 0.1) is 11.8 Å². The van der Waals surface area contributed by atoms with Crippen LogP contribution < -0.4 is 10.6 Å². The van der Waals surface area contributed by atoms with Gasteiger partial charge >= 0.3 is 5.97 Å². The summed E-state index contributed by atoms with van der Waals surface area (Å²) in [6.07, 6.45) is 0.822. The Morgan fingerprint density at radius 2 is 2.15 bits per heavy atom. The van der Waals surface area contributed by atoms with Crippen molar-refractivity contribution in [3.63, 3.8) is 0 Å². The molecule has 108 valence electrons. The van der Waals surface area contributed by atoms with Crippen molar-refractivity contribution in [1.29, 1.82) is 0 Å². The summed E-state index contributed by atoms with van der Waals surface area (Å²) in [5, 5.41) is 14.9. The Morgan fingerprint density at radius 1 is 1.40 bits per heavy atom. The fourth-order valence-corrected chi connectivity index (χ4v) is 2.43. The van der Waals surface area contributed by atoms with Gasteiger partial charge in [0.2, 0.25) is 5.91 Å². The molecule has 1 aliphatic rings. The van der Waals surface area contributed by atoms with Gasteiger partial charge < -0.3 is 15.7 Å². The predicted molar refractivity (Wildman–Crippen MR) is 76.8 cm³/mol. The Labute approximate surface area is 118 Å². The molecule has 0 aromatic heterocycles. The molecule has 0 radical (unpaired) electrons. The van der Waals surface area contributed by atoms with Gasteiger partial charge in [-0.15, -0.1) is 0 Å². The van der Waals surface area contributed by atoms with E-state index in [0.29, 0.717) is 17.5 Å². The van der Waals surface area contributed by atoms with E-state index in [-0.39, 0.29) is 17.5 Å². The number of carboxylic acid groups (broad SMARTS) is 1. The molecule has 0 saturated carbocycles. The second kappa shape index (κ2) is 6.05. The van der Waals surface area contributed by atoms with Crippen LogP contribution in [0.4, 0.5) is 5.69 Å². The first-order chi connectivity index (χ1) is 9.47. The van der Waals surface area contributed by atoms with Gasteiger partial charge in [0.25, 0.3) is 0 Å². The Kier molecular flexibility index (Phi) is 4.39. The van der Waals surface area contributed by atoms with Crippen LogP contribution in [0.1, 0.15) is 30.6 Å². The number of amides is 1. The first kappa shape index (κ1) is 14.5. The number of nitrogens with one attached hydrogen (secondary N) is 2. The highest BCUT2D eigenvalue weighted by Gasteiger charge is 2.30. The van der Waals surface area contributed by atoms with E-state index >= 15 is 0 Å². The maximum Gasteiger partial charge on any atom is 0.335 e. The van der Waals surface area contributed by atoms with Crippen LogP contribution in [-0.2, 0) is 4.79 Å². The monoisotopic (exact) mass is 276 g/mol. The number of carbonyl (C=O) groups is 2. The van der Waals surface area contributed by atoms with Crippen molar-refractivity contribution < 1.29 is 14.7 Å². The van der Waals surface area contributed by atoms with E-state index in [9.17, 15) is 9.59 Å². The van der Waals surface area contributed by atoms with E-state index in [1.165, 1.54) is 12.1 Å². The zero-order chi connectivity index (χ0) is 14.7. The number of anilines is 1. The van der Waals surface area contributed by atoms with Gasteiger partial charge in [-0.1, -0.05) is 19.9 Å². The lowest BCUT2D eigenvalue weighted by molar-refractivity contribution is -0.117. The van der Waals surface area contributed by atoms with Gasteiger partial charge in [-0.05, 0) is 43.0 Å². The van der Waals surface area contributed by atoms with Crippen molar-refractivity contribution in [2.45, 2.75) is 26.3 Å². The number of hydrogen-bond acceptors (Lipinski definition) is 3. The second-order valence-electron chi connectivity index (χ2n) is 5.58. The summed E-state index contributed by atoms with van der Waals surface area (Å²) < 4.78 is 0. The molecule has 1 amide bonds. The number of carbonyl (C=O) groups excluding carboxylic acids is 1. The van der Waals surface area contributed by atoms with Crippen LogP contribution in [0.5, 0.6) is 0 Å². The molecule has 1 fully saturated rings. The van der Waals surface area contributed by atoms with Gasteiger partial charge in [-0.3, -0.25) is 4.79 Å². The molecule has 20 heavy (non-hydrogen) atoms. The normalized spacial score (nSPS) is 21.9. The average molecular weight is 276 g/mol. The highest BCUT2D eigenvalue weighted by molar-refractivity contribution is 5.96. The van der Waals surface area contributed by atoms with Gasteiger partial charge in [0.15, 0.2) is 0 Å². The number of hydrogen-bond donors (Lipinski definition) is 3. The van der Waals surface area contributed by atoms with E-state index in [0.717, 1.165) is 13.0 Å². The van der Waals surface area contributed by atoms with Crippen LogP contribution in [0.3, 0.4) is 0 Å². The molecule has 1 aliphatic heterocycles. The molecule has 2 rings (SSSR count). The Balaban J connectivity index is 1.98. The lowest BCUT2D eigenvalue weighted by atomic mass is 9.93. The quantitative estimate of drug-likeness (QED) is 0.785. The van der Waals surface area contributed by atoms with Crippen molar-refractivity contribution in [2.75, 3.05) is 11.9 Å². The molecule has 1 aromatic carbocycles. The van der Waals surface area contributed by atoms with Crippen LogP contribution in [0.15, 0.2) is 24.3 Å². The van der Waals surface area contributed by atoms with E-state index in [4.69, 9.17) is 5.11 Å². The molecule has 3 N–H and O–H groups in total. The Bertz CT molecular complexity index is 514. The van der Waals surface area contributed by atoms with Crippen LogP contribution in [0.2, 0.25) is 0 Å². The van der Waals surface area contributed by atoms with Crippen molar-refractivity contribution >= 4 is 17.6 Å². The van der Waals surface area contributed by atoms with E-state index in [2.05, 4.69) is 24.5 Å². The summed E-state index contributed by atoms with van der Waals surface area (Å²) in [5.41, 5.74) is 0.687. The first-order valence-electron chi connectivity index (χ1n) is 6.85. The fraction of sp³-hybridized carbons (Fsp3) is 0.467. The average Bonchev–Trinajstić information content (AvgIpc) is 2.88. The molecule has 1 saturated heterocycles. The minimum absolute atomic E-state index is 0.101. The largest absolute Gasteiger partial charge is 0.478 e. The van der Waals surface area contributed by atoms with Gasteiger partial charge in [0.05, 0.1) is 11.6 Å². The first-order valence-corrected chi connectivity index (χ1v) is 6.85. The summed E-state index contributed by atoms with van der Waals surface area (Å²) in [5.74, 6) is -0.0395. The maximum atomic E-state index is 12.1. The molecular weight excluding hydrogens is 256 g/mol. The minimum atomic E-state index is -1.00. The standard InChI is InChI=1S/C15H20N2O3/c1-9(2)11-7-13(16-8-11)14(18)17-12-5-3-4-10(6-12)15(19)20/h3-6,9,11,13,16H,7-8H2,1-2H3,(H,17,18)(H,19,20)/t11-,13?/m0/s1. The molecule has 1 unspecified atom stereocenters. The molecule has 0 bridgehead atoms. The lowest BCUT2D eigenvalue weighted by Crippen LogP contribution is -2.35. The highest BCUT2D eigenvalue weighted by atomic mass is 16.4. The van der Waals surface area contributed by atoms with E-state index in [1.54, 1.807) is 12.1 Å². The predicted octanol–water partition coefficient (Wildman–Crippen LogP) is 1.96. The molecule has 1 heterocycles. The van der Waals surface area contributed by atoms with Crippen molar-refractivity contribution in [2.24, 2.45) is 11.8 Å². The van der Waals surface area contributed by atoms with Crippen molar-refractivity contribution in [3.8, 4) is 0 Å². The Hall–Kier alpha value is -1.88. The third-order valence-electron chi connectivity index (χ3n) is 3.80. The molecule has 0 spiro atoms. The van der Waals surface area contributed by atoms with Gasteiger partial charge in [0.1, 0.15) is 0 Å². The molecule has 5 nitrogen and oxygen atoms in total. The van der Waals surface area contributed by atoms with Crippen molar-refractivity contribution in [1.82, 2.24) is 5.32 Å². The number of rotatable bonds is 4. The van der Waals surface area contributed by atoms with E-state index in [1.807, 2.05) is 0 Å². The van der Waals surface area contributed by atoms with Gasteiger partial charge in [-0.25, -0.2) is 4.79 Å². The smallest absolute Gasteiger partial charge is 0.335 e. The minimum Gasteiger partial charge on any atom is -0.478 e. The second-order valence-corrected chi connectivity index (χ2v) is 5.58. The third-order valence-corrected chi connectivity index (χ3v) is 3.80. The zero-order valence-electron chi connectivity index (χ0n) is 11.7. The fourth-order valence-electron chi connectivity index (χ4n) is 2.43. The molecular formula is C15H20N2O3. The van der Waals surface area contributed by atoms with Crippen LogP contribution in [0.25, 0.3) is 0 Å². The van der Waals surface area contributed by atoms with E-state index < -0.39 is 5.97 Å². The van der Waals surface area contributed by atoms with Crippen LogP contribution in [-0.4, -0.2) is 29.6 Å². The summed E-state index contributed by atoms with van der Waals surface area (Å²) in [4.78, 5) is 23.0. The third kappa shape index (κ3) is 3.36. The molecule has 1 aromatic rings. The lowest BCUT2D eigenvalue weighted by Gasteiger charge is -2.13. The summed E-state index contributed by atoms with van der Waals surface area (Å²) >= 11 is 0. The summed E-state index contributed by atoms with van der Waals surface area (Å²) in [7, 11) is 0. The number of carboxylic acids is 1. The van der Waals surface area contributed by atoms with Gasteiger partial charge in [-0.2, -0.15) is 0 Å².